The molecule has 1 aliphatic carbocycles. The van der Waals surface area contributed by atoms with Gasteiger partial charge in [-0.3, -0.25) is 15.0 Å². The highest BCUT2D eigenvalue weighted by atomic mass is 32.1. The zero-order valence-electron chi connectivity index (χ0n) is 17.5. The number of carboxylic acids is 2. The third-order valence-electron chi connectivity index (χ3n) is 5.30. The number of nitrogens with one attached hydrogen (secondary N) is 2. The predicted molar refractivity (Wildman–Crippen MR) is 125 cm³/mol. The van der Waals surface area contributed by atoms with E-state index in [-0.39, 0.29) is 0 Å². The van der Waals surface area contributed by atoms with Gasteiger partial charge in [-0.2, -0.15) is 0 Å². The van der Waals surface area contributed by atoms with E-state index < -0.39 is 11.9 Å². The average Bonchev–Trinajstić information content (AvgIpc) is 3.06. The number of hydrogen-bond donors (Lipinski definition) is 4. The van der Waals surface area contributed by atoms with Crippen molar-refractivity contribution >= 4 is 45.7 Å². The van der Waals surface area contributed by atoms with Crippen LogP contribution >= 0.6 is 12.2 Å². The second-order valence-corrected chi connectivity index (χ2v) is 7.76. The van der Waals surface area contributed by atoms with Gasteiger partial charge in [-0.25, -0.2) is 9.59 Å². The molecule has 0 amide bonds. The van der Waals surface area contributed by atoms with Gasteiger partial charge in [0.05, 0.1) is 5.52 Å². The lowest BCUT2D eigenvalue weighted by Gasteiger charge is -2.36. The molecule has 2 aromatic rings. The van der Waals surface area contributed by atoms with Crippen LogP contribution in [-0.2, 0) is 16.0 Å². The topological polar surface area (TPSA) is 107 Å². The number of carbonyl (C=O) groups is 2. The maximum absolute atomic E-state index is 9.55. The molecule has 0 saturated carbocycles. The molecule has 9 heteroatoms. The molecule has 31 heavy (non-hydrogen) atoms. The highest BCUT2D eigenvalue weighted by Gasteiger charge is 2.31. The Morgan fingerprint density at radius 1 is 1.26 bits per heavy atom. The van der Waals surface area contributed by atoms with E-state index >= 15 is 0 Å². The van der Waals surface area contributed by atoms with E-state index in [1.54, 1.807) is 0 Å². The van der Waals surface area contributed by atoms with E-state index in [4.69, 9.17) is 22.4 Å². The number of thiocarbonyl (C=S) groups is 1. The molecule has 4 rings (SSSR count). The summed E-state index contributed by atoms with van der Waals surface area (Å²) in [4.78, 5) is 21.6. The summed E-state index contributed by atoms with van der Waals surface area (Å²) in [6, 6.07) is 7.07. The van der Waals surface area contributed by atoms with E-state index in [1.165, 1.54) is 27.6 Å². The van der Waals surface area contributed by atoms with E-state index in [0.29, 0.717) is 23.3 Å². The highest BCUT2D eigenvalue weighted by molar-refractivity contribution is 7.80. The molecule has 8 nitrogen and oxygen atoms in total. The summed E-state index contributed by atoms with van der Waals surface area (Å²) < 4.78 is 2.07. The Hall–Kier alpha value is -3.17. The van der Waals surface area contributed by atoms with Crippen molar-refractivity contribution in [1.82, 2.24) is 14.9 Å². The monoisotopic (exact) mass is 442 g/mol. The van der Waals surface area contributed by atoms with Crippen molar-refractivity contribution in [3.63, 3.8) is 0 Å². The summed E-state index contributed by atoms with van der Waals surface area (Å²) in [5, 5.41) is 20.8. The molecule has 0 radical (unpaired) electrons. The van der Waals surface area contributed by atoms with Gasteiger partial charge in [-0.15, -0.1) is 0 Å². The number of hydrogen-bond acceptors (Lipinski definition) is 4. The zero-order valence-corrected chi connectivity index (χ0v) is 18.3. The lowest BCUT2D eigenvalue weighted by Crippen LogP contribution is -2.39. The van der Waals surface area contributed by atoms with Crippen LogP contribution < -0.4 is 10.7 Å². The Morgan fingerprint density at radius 2 is 1.97 bits per heavy atom. The molecule has 2 aliphatic rings. The van der Waals surface area contributed by atoms with Crippen LogP contribution in [0.5, 0.6) is 0 Å². The summed E-state index contributed by atoms with van der Waals surface area (Å²) in [7, 11) is 2.23. The molecule has 0 fully saturated rings. The lowest BCUT2D eigenvalue weighted by molar-refractivity contribution is -0.134. The molecule has 164 valence electrons. The van der Waals surface area contributed by atoms with Crippen LogP contribution in [0, 0.1) is 0 Å². The zero-order chi connectivity index (χ0) is 22.5. The maximum Gasteiger partial charge on any atom is 0.328 e. The number of aromatic nitrogens is 1. The van der Waals surface area contributed by atoms with Crippen LogP contribution in [0.15, 0.2) is 42.6 Å². The van der Waals surface area contributed by atoms with Gasteiger partial charge >= 0.3 is 11.9 Å². The van der Waals surface area contributed by atoms with Gasteiger partial charge in [0, 0.05) is 42.9 Å². The first-order valence-electron chi connectivity index (χ1n) is 10.0. The largest absolute Gasteiger partial charge is 0.478 e. The SMILES string of the molecule is CCNC(=S)Nn1cc2c3c(cccc31)C1=CCCN(C)[C@@H]1C2.O=C(O)/C=C\C(=O)O. The summed E-state index contributed by atoms with van der Waals surface area (Å²) in [5.41, 5.74) is 8.77. The Balaban J connectivity index is 0.000000293. The van der Waals surface area contributed by atoms with Gasteiger partial charge in [-0.05, 0) is 61.8 Å². The van der Waals surface area contributed by atoms with Crippen molar-refractivity contribution in [2.45, 2.75) is 25.8 Å². The maximum atomic E-state index is 9.55. The van der Waals surface area contributed by atoms with E-state index in [9.17, 15) is 9.59 Å². The Bertz CT molecular complexity index is 1060. The molecular weight excluding hydrogens is 416 g/mol. The standard InChI is InChI=1S/C18H22N4S.C4H4O4/c1-3-19-18(23)20-22-11-12-10-16-13(7-5-9-21(16)2)14-6-4-8-15(22)17(12)14;5-3(6)1-2-4(7)8/h4,6-8,11,16H,3,5,9-10H2,1-2H3,(H2,19,20,23);1-2H,(H,5,6)(H,7,8)/b;2-1-/t16-;/m1./s1. The Morgan fingerprint density at radius 3 is 2.61 bits per heavy atom. The van der Waals surface area contributed by atoms with Crippen molar-refractivity contribution in [3.05, 3.63) is 53.8 Å². The summed E-state index contributed by atoms with van der Waals surface area (Å²) in [6.45, 7) is 4.01. The summed E-state index contributed by atoms with van der Waals surface area (Å²) >= 11 is 5.35. The number of fused-ring (bicyclic) bond motifs is 2. The minimum atomic E-state index is -1.26. The van der Waals surface area contributed by atoms with Gasteiger partial charge in [0.15, 0.2) is 5.11 Å². The fourth-order valence-electron chi connectivity index (χ4n) is 4.02. The first kappa shape index (κ1) is 22.5. The van der Waals surface area contributed by atoms with Gasteiger partial charge in [0.25, 0.3) is 0 Å². The van der Waals surface area contributed by atoms with Gasteiger partial charge < -0.3 is 15.5 Å². The number of benzene rings is 1. The number of likely N-dealkylation sites (N-methyl/N-ethyl adjacent to an activating group) is 1. The van der Waals surface area contributed by atoms with Crippen molar-refractivity contribution in [1.29, 1.82) is 0 Å². The van der Waals surface area contributed by atoms with Crippen LogP contribution in [-0.4, -0.2) is 63.0 Å². The molecule has 1 atom stereocenters. The van der Waals surface area contributed by atoms with Crippen LogP contribution in [0.3, 0.4) is 0 Å². The summed E-state index contributed by atoms with van der Waals surface area (Å²) in [6.07, 6.45) is 7.95. The quantitative estimate of drug-likeness (QED) is 0.423. The first-order chi connectivity index (χ1) is 14.8. The third kappa shape index (κ3) is 5.12. The molecule has 1 aliphatic heterocycles. The van der Waals surface area contributed by atoms with Crippen LogP contribution in [0.25, 0.3) is 16.5 Å². The molecular formula is C22H26N4O4S. The molecule has 0 bridgehead atoms. The van der Waals surface area contributed by atoms with Crippen LogP contribution in [0.1, 0.15) is 24.5 Å². The Labute approximate surface area is 185 Å². The molecule has 0 spiro atoms. The second-order valence-electron chi connectivity index (χ2n) is 7.35. The van der Waals surface area contributed by atoms with Gasteiger partial charge in [-0.1, -0.05) is 18.2 Å². The highest BCUT2D eigenvalue weighted by Crippen LogP contribution is 2.40. The minimum Gasteiger partial charge on any atom is -0.478 e. The van der Waals surface area contributed by atoms with E-state index in [2.05, 4.69) is 57.8 Å². The Kier molecular flexibility index (Phi) is 7.09. The third-order valence-corrected chi connectivity index (χ3v) is 5.53. The summed E-state index contributed by atoms with van der Waals surface area (Å²) in [5.74, 6) is -2.51. The second kappa shape index (κ2) is 9.76. The van der Waals surface area contributed by atoms with Crippen molar-refractivity contribution in [2.24, 2.45) is 0 Å². The molecule has 1 aromatic heterocycles. The van der Waals surface area contributed by atoms with Gasteiger partial charge in [0.1, 0.15) is 0 Å². The van der Waals surface area contributed by atoms with E-state index in [0.717, 1.165) is 25.9 Å². The number of carboxylic acid groups (broad SMARTS) is 2. The molecule has 4 N–H and O–H groups in total. The average molecular weight is 443 g/mol. The van der Waals surface area contributed by atoms with Crippen molar-refractivity contribution in [3.8, 4) is 0 Å². The van der Waals surface area contributed by atoms with E-state index in [1.807, 2.05) is 6.92 Å². The molecule has 2 heterocycles. The van der Waals surface area contributed by atoms with Gasteiger partial charge in [0.2, 0.25) is 0 Å². The normalized spacial score (nSPS) is 17.4. The van der Waals surface area contributed by atoms with Crippen molar-refractivity contribution < 1.29 is 19.8 Å². The number of aliphatic carboxylic acids is 2. The van der Waals surface area contributed by atoms with Crippen LogP contribution in [0.4, 0.5) is 0 Å². The predicted octanol–water partition coefficient (Wildman–Crippen LogP) is 2.43. The fourth-order valence-corrected chi connectivity index (χ4v) is 4.27. The minimum absolute atomic E-state index is 0.499. The van der Waals surface area contributed by atoms with Crippen molar-refractivity contribution in [2.75, 3.05) is 25.6 Å². The number of rotatable bonds is 4. The smallest absolute Gasteiger partial charge is 0.328 e. The van der Waals surface area contributed by atoms with Crippen LogP contribution in [0.2, 0.25) is 0 Å². The molecule has 0 saturated heterocycles. The fraction of sp³-hybridized carbons (Fsp3) is 0.318. The first-order valence-corrected chi connectivity index (χ1v) is 10.4. The molecule has 0 unspecified atom stereocenters. The lowest BCUT2D eigenvalue weighted by atomic mass is 9.82. The number of nitrogens with zero attached hydrogens (tertiary/aromatic N) is 2. The molecule has 1 aromatic carbocycles.